The van der Waals surface area contributed by atoms with Crippen LogP contribution in [0.2, 0.25) is 0 Å². The van der Waals surface area contributed by atoms with Crippen LogP contribution < -0.4 is 10.6 Å². The van der Waals surface area contributed by atoms with Crippen molar-refractivity contribution in [1.82, 2.24) is 15.5 Å². The lowest BCUT2D eigenvalue weighted by atomic mass is 9.97. The molecule has 0 saturated carbocycles. The van der Waals surface area contributed by atoms with Gasteiger partial charge in [0.15, 0.2) is 5.96 Å². The van der Waals surface area contributed by atoms with Crippen LogP contribution in [0.3, 0.4) is 0 Å². The van der Waals surface area contributed by atoms with Gasteiger partial charge >= 0.3 is 0 Å². The monoisotopic (exact) mass is 492 g/mol. The molecule has 1 saturated heterocycles. The number of aliphatic imine (C=N–C) groups is 1. The van der Waals surface area contributed by atoms with Crippen molar-refractivity contribution in [3.8, 4) is 0 Å². The Hall–Kier alpha value is -0.800. The largest absolute Gasteiger partial charge is 0.467 e. The highest BCUT2D eigenvalue weighted by Gasteiger charge is 2.18. The van der Waals surface area contributed by atoms with E-state index in [1.54, 1.807) is 6.26 Å². The molecule has 0 aromatic carbocycles. The van der Waals surface area contributed by atoms with Crippen molar-refractivity contribution < 1.29 is 9.15 Å². The first-order valence-corrected chi connectivity index (χ1v) is 10.2. The van der Waals surface area contributed by atoms with Gasteiger partial charge in [0.1, 0.15) is 12.4 Å². The quantitative estimate of drug-likeness (QED) is 0.214. The molecule has 2 heterocycles. The second-order valence-corrected chi connectivity index (χ2v) is 6.92. The molecule has 1 aliphatic rings. The summed E-state index contributed by atoms with van der Waals surface area (Å²) in [7, 11) is 0. The minimum atomic E-state index is 0. The number of hydrogen-bond acceptors (Lipinski definition) is 4. The number of nitrogens with zero attached hydrogens (tertiary/aromatic N) is 2. The fourth-order valence-electron chi connectivity index (χ4n) is 3.22. The summed E-state index contributed by atoms with van der Waals surface area (Å²) < 4.78 is 10.9. The predicted molar refractivity (Wildman–Crippen MR) is 122 cm³/mol. The van der Waals surface area contributed by atoms with Gasteiger partial charge in [-0.25, -0.2) is 0 Å². The summed E-state index contributed by atoms with van der Waals surface area (Å²) >= 11 is 0. The van der Waals surface area contributed by atoms with Crippen LogP contribution in [0.1, 0.15) is 45.3 Å². The highest BCUT2D eigenvalue weighted by atomic mass is 127. The molecule has 1 aromatic rings. The average molecular weight is 492 g/mol. The third kappa shape index (κ3) is 10.4. The lowest BCUT2D eigenvalue weighted by molar-refractivity contribution is 0.105. The molecular weight excluding hydrogens is 455 g/mol. The second-order valence-electron chi connectivity index (χ2n) is 6.92. The average Bonchev–Trinajstić information content (AvgIpc) is 3.17. The van der Waals surface area contributed by atoms with Crippen molar-refractivity contribution in [3.05, 3.63) is 24.2 Å². The molecule has 27 heavy (non-hydrogen) atoms. The summed E-state index contributed by atoms with van der Waals surface area (Å²) in [5, 5.41) is 6.75. The fraction of sp³-hybridized carbons (Fsp3) is 0.750. The van der Waals surface area contributed by atoms with E-state index in [9.17, 15) is 0 Å². The Labute approximate surface area is 181 Å². The number of piperidine rings is 1. The van der Waals surface area contributed by atoms with E-state index in [0.29, 0.717) is 13.2 Å². The third-order valence-corrected chi connectivity index (χ3v) is 4.68. The topological polar surface area (TPSA) is 62.0 Å². The maximum absolute atomic E-state index is 5.61. The van der Waals surface area contributed by atoms with Gasteiger partial charge in [0.05, 0.1) is 6.26 Å². The summed E-state index contributed by atoms with van der Waals surface area (Å²) in [6.07, 6.45) is 6.41. The van der Waals surface area contributed by atoms with Crippen LogP contribution >= 0.6 is 24.0 Å². The molecule has 1 aromatic heterocycles. The molecule has 1 aliphatic heterocycles. The van der Waals surface area contributed by atoms with Crippen LogP contribution in [0.25, 0.3) is 0 Å². The highest BCUT2D eigenvalue weighted by Crippen LogP contribution is 2.17. The molecule has 2 rings (SSSR count). The molecule has 1 fully saturated rings. The van der Waals surface area contributed by atoms with Crippen LogP contribution in [0.15, 0.2) is 27.8 Å². The van der Waals surface area contributed by atoms with Gasteiger partial charge in [-0.15, -0.1) is 24.0 Å². The molecule has 0 atom stereocenters. The maximum atomic E-state index is 5.61. The number of hydrogen-bond donors (Lipinski definition) is 2. The minimum absolute atomic E-state index is 0. The van der Waals surface area contributed by atoms with E-state index in [1.165, 1.54) is 38.9 Å². The van der Waals surface area contributed by atoms with Crippen molar-refractivity contribution in [3.63, 3.8) is 0 Å². The first-order chi connectivity index (χ1) is 12.8. The molecule has 2 N–H and O–H groups in total. The maximum Gasteiger partial charge on any atom is 0.191 e. The summed E-state index contributed by atoms with van der Waals surface area (Å²) in [6.45, 7) is 12.0. The minimum Gasteiger partial charge on any atom is -0.467 e. The molecular formula is C20H37IN4O2. The van der Waals surface area contributed by atoms with Crippen LogP contribution in [0.5, 0.6) is 0 Å². The van der Waals surface area contributed by atoms with Crippen molar-refractivity contribution in [1.29, 1.82) is 0 Å². The van der Waals surface area contributed by atoms with E-state index in [-0.39, 0.29) is 24.0 Å². The van der Waals surface area contributed by atoms with Crippen molar-refractivity contribution in [2.24, 2.45) is 10.9 Å². The van der Waals surface area contributed by atoms with Gasteiger partial charge in [-0.05, 0) is 70.3 Å². The lowest BCUT2D eigenvalue weighted by Gasteiger charge is -2.31. The van der Waals surface area contributed by atoms with Gasteiger partial charge in [-0.3, -0.25) is 4.99 Å². The number of guanidine groups is 1. The molecule has 0 unspecified atom stereocenters. The van der Waals surface area contributed by atoms with Gasteiger partial charge in [-0.2, -0.15) is 0 Å². The summed E-state index contributed by atoms with van der Waals surface area (Å²) in [6, 6.07) is 3.81. The Morgan fingerprint density at radius 3 is 2.78 bits per heavy atom. The summed E-state index contributed by atoms with van der Waals surface area (Å²) in [5.41, 5.74) is 0. The highest BCUT2D eigenvalue weighted by molar-refractivity contribution is 14.0. The van der Waals surface area contributed by atoms with E-state index in [1.807, 2.05) is 12.1 Å². The van der Waals surface area contributed by atoms with Crippen molar-refractivity contribution >= 4 is 29.9 Å². The zero-order valence-electron chi connectivity index (χ0n) is 16.9. The Morgan fingerprint density at radius 2 is 2.11 bits per heavy atom. The van der Waals surface area contributed by atoms with Crippen molar-refractivity contribution in [2.45, 2.75) is 46.1 Å². The van der Waals surface area contributed by atoms with Crippen molar-refractivity contribution in [2.75, 3.05) is 45.9 Å². The van der Waals surface area contributed by atoms with Gasteiger partial charge in [-0.1, -0.05) is 6.92 Å². The lowest BCUT2D eigenvalue weighted by Crippen LogP contribution is -2.39. The molecule has 156 valence electrons. The van der Waals surface area contributed by atoms with Crippen LogP contribution in [-0.4, -0.2) is 56.7 Å². The molecule has 0 amide bonds. The smallest absolute Gasteiger partial charge is 0.191 e. The first kappa shape index (κ1) is 24.2. The van der Waals surface area contributed by atoms with E-state index >= 15 is 0 Å². The number of halogens is 1. The second kappa shape index (κ2) is 15.2. The summed E-state index contributed by atoms with van der Waals surface area (Å²) in [5.74, 6) is 2.52. The molecule has 0 spiro atoms. The van der Waals surface area contributed by atoms with E-state index in [0.717, 1.165) is 43.7 Å². The molecule has 6 nitrogen and oxygen atoms in total. The normalized spacial score (nSPS) is 16.1. The number of ether oxygens (including phenoxy) is 1. The number of nitrogens with one attached hydrogen (secondary N) is 2. The number of likely N-dealkylation sites (tertiary alicyclic amines) is 1. The van der Waals surface area contributed by atoms with Gasteiger partial charge in [0.25, 0.3) is 0 Å². The zero-order valence-corrected chi connectivity index (χ0v) is 19.2. The molecule has 0 aliphatic carbocycles. The molecule has 0 bridgehead atoms. The van der Waals surface area contributed by atoms with E-state index < -0.39 is 0 Å². The van der Waals surface area contributed by atoms with E-state index in [2.05, 4.69) is 29.4 Å². The standard InChI is InChI=1S/C20H36N4O2.HI/c1-3-11-24-12-8-18(9-13-24)16-23-20(21-4-2)22-10-6-14-25-17-19-7-5-15-26-19;/h5,7,15,18H,3-4,6,8-14,16-17H2,1-2H3,(H2,21,22,23);1H. The summed E-state index contributed by atoms with van der Waals surface area (Å²) in [4.78, 5) is 7.36. The van der Waals surface area contributed by atoms with Gasteiger partial charge in [0.2, 0.25) is 0 Å². The first-order valence-electron chi connectivity index (χ1n) is 10.2. The molecule has 7 heteroatoms. The SMILES string of the molecule is CCCN1CCC(CN=C(NCC)NCCCOCc2ccco2)CC1.I. The Morgan fingerprint density at radius 1 is 1.30 bits per heavy atom. The predicted octanol–water partition coefficient (Wildman–Crippen LogP) is 3.48. The Kier molecular flexibility index (Phi) is 13.6. The molecule has 0 radical (unpaired) electrons. The fourth-order valence-corrected chi connectivity index (χ4v) is 3.22. The van der Waals surface area contributed by atoms with Crippen LogP contribution in [-0.2, 0) is 11.3 Å². The Balaban J connectivity index is 0.00000364. The van der Waals surface area contributed by atoms with Crippen LogP contribution in [0, 0.1) is 5.92 Å². The van der Waals surface area contributed by atoms with E-state index in [4.69, 9.17) is 14.1 Å². The van der Waals surface area contributed by atoms with Gasteiger partial charge in [0, 0.05) is 26.2 Å². The number of furan rings is 1. The van der Waals surface area contributed by atoms with Crippen LogP contribution in [0.4, 0.5) is 0 Å². The Bertz CT molecular complexity index is 488. The van der Waals surface area contributed by atoms with Gasteiger partial charge < -0.3 is 24.7 Å². The number of rotatable bonds is 11. The zero-order chi connectivity index (χ0) is 18.5. The third-order valence-electron chi connectivity index (χ3n) is 4.68.